The van der Waals surface area contributed by atoms with Crippen molar-refractivity contribution in [3.63, 3.8) is 0 Å². The molecular weight excluding hydrogens is 743 g/mol. The summed E-state index contributed by atoms with van der Waals surface area (Å²) in [5, 5.41) is 2.64. The van der Waals surface area contributed by atoms with E-state index in [-0.39, 0.29) is 44.9 Å². The lowest BCUT2D eigenvalue weighted by Gasteiger charge is -2.20. The molecule has 1 aromatic heterocycles. The molecule has 2 N–H and O–H groups in total. The first kappa shape index (κ1) is 52.7. The number of pyridine rings is 1. The third-order valence-corrected chi connectivity index (χ3v) is 11.1. The number of esters is 2. The molecule has 0 radical (unpaired) electrons. The van der Waals surface area contributed by atoms with Crippen molar-refractivity contribution in [1.29, 1.82) is 0 Å². The molecule has 0 saturated heterocycles. The van der Waals surface area contributed by atoms with Crippen LogP contribution in [0.5, 0.6) is 0 Å². The fourth-order valence-electron chi connectivity index (χ4n) is 6.64. The third-order valence-electron chi connectivity index (χ3n) is 10.1. The van der Waals surface area contributed by atoms with Gasteiger partial charge in [0.25, 0.3) is 0 Å². The Hall–Kier alpha value is -2.33. The maximum Gasteiger partial charge on any atom is 0.472 e. The van der Waals surface area contributed by atoms with Gasteiger partial charge in [-0.3, -0.25) is 28.4 Å². The van der Waals surface area contributed by atoms with Crippen LogP contribution in [-0.2, 0) is 43.9 Å². The number of amides is 1. The number of aromatic nitrogens is 1. The Labute approximate surface area is 346 Å². The van der Waals surface area contributed by atoms with Crippen LogP contribution < -0.4 is 5.32 Å². The number of aryl methyl sites for hydroxylation is 1. The van der Waals surface area contributed by atoms with Gasteiger partial charge < -0.3 is 19.7 Å². The normalized spacial score (nSPS) is 12.9. The SMILES string of the molecule is CCCCCCCCCCCCCCCC(=O)OC[C@H](COP(=O)(O)OCCNC(=O)CCc1ccccn1)OC(=O)CCCCCCCCCCCCCCC. The van der Waals surface area contributed by atoms with Crippen molar-refractivity contribution in [2.75, 3.05) is 26.4 Å². The molecule has 57 heavy (non-hydrogen) atoms. The van der Waals surface area contributed by atoms with Gasteiger partial charge in [0.05, 0.1) is 13.2 Å². The lowest BCUT2D eigenvalue weighted by molar-refractivity contribution is -0.161. The maximum absolute atomic E-state index is 12.7. The van der Waals surface area contributed by atoms with Crippen LogP contribution in [0.25, 0.3) is 0 Å². The Balaban J connectivity index is 2.37. The standard InChI is InChI=1S/C45H81N2O9P/c1-3-5-7-9-11-13-15-17-19-21-23-25-27-32-44(49)53-39-42(56-45(50)33-28-26-24-22-20-18-16-14-12-10-8-6-4-2)40-55-57(51,52)54-38-37-47-43(48)35-34-41-31-29-30-36-46-41/h29-31,36,42H,3-28,32-35,37-40H2,1-2H3,(H,47,48)(H,51,52)/t42-/m1/s1. The predicted molar refractivity (Wildman–Crippen MR) is 229 cm³/mol. The van der Waals surface area contributed by atoms with Crippen LogP contribution in [-0.4, -0.2) is 60.2 Å². The molecule has 1 amide bonds. The Bertz CT molecular complexity index is 1160. The number of unbranched alkanes of at least 4 members (excludes halogenated alkanes) is 24. The molecule has 0 saturated carbocycles. The summed E-state index contributed by atoms with van der Waals surface area (Å²) < 4.78 is 33.7. The van der Waals surface area contributed by atoms with Gasteiger partial charge in [-0.1, -0.05) is 174 Å². The van der Waals surface area contributed by atoms with Crippen LogP contribution in [0.2, 0.25) is 0 Å². The minimum Gasteiger partial charge on any atom is -0.462 e. The second-order valence-corrected chi connectivity index (χ2v) is 17.0. The van der Waals surface area contributed by atoms with Gasteiger partial charge in [-0.25, -0.2) is 4.57 Å². The van der Waals surface area contributed by atoms with Crippen LogP contribution in [0.4, 0.5) is 0 Å². The Morgan fingerprint density at radius 1 is 0.632 bits per heavy atom. The van der Waals surface area contributed by atoms with Crippen molar-refractivity contribution in [2.24, 2.45) is 0 Å². The van der Waals surface area contributed by atoms with Crippen molar-refractivity contribution in [1.82, 2.24) is 10.3 Å². The molecule has 0 aliphatic rings. The van der Waals surface area contributed by atoms with Gasteiger partial charge in [-0.2, -0.15) is 0 Å². The average molecular weight is 825 g/mol. The van der Waals surface area contributed by atoms with Gasteiger partial charge in [0.1, 0.15) is 6.61 Å². The van der Waals surface area contributed by atoms with E-state index in [0.29, 0.717) is 12.8 Å². The Kier molecular flexibility index (Phi) is 35.0. The van der Waals surface area contributed by atoms with E-state index in [1.165, 1.54) is 122 Å². The van der Waals surface area contributed by atoms with Gasteiger partial charge in [0.15, 0.2) is 6.10 Å². The summed E-state index contributed by atoms with van der Waals surface area (Å²) in [6, 6.07) is 5.49. The van der Waals surface area contributed by atoms with Gasteiger partial charge in [-0.05, 0) is 31.4 Å². The molecule has 2 atom stereocenters. The minimum atomic E-state index is -4.55. The first-order valence-electron chi connectivity index (χ1n) is 22.9. The lowest BCUT2D eigenvalue weighted by Crippen LogP contribution is -2.30. The van der Waals surface area contributed by atoms with E-state index in [0.717, 1.165) is 44.2 Å². The highest BCUT2D eigenvalue weighted by Crippen LogP contribution is 2.43. The maximum atomic E-state index is 12.7. The molecule has 330 valence electrons. The molecule has 12 heteroatoms. The van der Waals surface area contributed by atoms with E-state index >= 15 is 0 Å². The van der Waals surface area contributed by atoms with E-state index in [2.05, 4.69) is 24.1 Å². The quantitative estimate of drug-likeness (QED) is 0.0371. The fourth-order valence-corrected chi connectivity index (χ4v) is 7.39. The molecule has 0 fully saturated rings. The number of hydrogen-bond acceptors (Lipinski definition) is 9. The smallest absolute Gasteiger partial charge is 0.462 e. The largest absolute Gasteiger partial charge is 0.472 e. The van der Waals surface area contributed by atoms with Gasteiger partial charge in [0, 0.05) is 37.7 Å². The Morgan fingerprint density at radius 2 is 1.11 bits per heavy atom. The molecule has 1 heterocycles. The van der Waals surface area contributed by atoms with E-state index in [1.807, 2.05) is 12.1 Å². The Morgan fingerprint density at radius 3 is 1.58 bits per heavy atom. The molecule has 1 aromatic rings. The zero-order chi connectivity index (χ0) is 41.5. The number of nitrogens with one attached hydrogen (secondary N) is 1. The summed E-state index contributed by atoms with van der Waals surface area (Å²) in [5.41, 5.74) is 0.794. The van der Waals surface area contributed by atoms with E-state index in [1.54, 1.807) is 12.3 Å². The second-order valence-electron chi connectivity index (χ2n) is 15.5. The highest BCUT2D eigenvalue weighted by molar-refractivity contribution is 7.47. The van der Waals surface area contributed by atoms with Crippen molar-refractivity contribution in [3.8, 4) is 0 Å². The predicted octanol–water partition coefficient (Wildman–Crippen LogP) is 11.7. The molecule has 0 bridgehead atoms. The third kappa shape index (κ3) is 35.3. The molecule has 0 aliphatic heterocycles. The number of carbonyl (C=O) groups is 3. The van der Waals surface area contributed by atoms with Crippen LogP contribution in [0.3, 0.4) is 0 Å². The van der Waals surface area contributed by atoms with E-state index in [9.17, 15) is 23.8 Å². The molecule has 1 unspecified atom stereocenters. The van der Waals surface area contributed by atoms with Gasteiger partial charge >= 0.3 is 19.8 Å². The monoisotopic (exact) mass is 825 g/mol. The summed E-state index contributed by atoms with van der Waals surface area (Å²) in [6.07, 6.45) is 33.0. The first-order chi connectivity index (χ1) is 27.8. The fraction of sp³-hybridized carbons (Fsp3) is 0.822. The van der Waals surface area contributed by atoms with Gasteiger partial charge in [0.2, 0.25) is 5.91 Å². The zero-order valence-corrected chi connectivity index (χ0v) is 36.9. The highest BCUT2D eigenvalue weighted by atomic mass is 31.2. The van der Waals surface area contributed by atoms with Crippen molar-refractivity contribution in [3.05, 3.63) is 30.1 Å². The molecule has 0 aromatic carbocycles. The van der Waals surface area contributed by atoms with Crippen LogP contribution >= 0.6 is 7.82 Å². The minimum absolute atomic E-state index is 0.00328. The van der Waals surface area contributed by atoms with Gasteiger partial charge in [-0.15, -0.1) is 0 Å². The molecule has 11 nitrogen and oxygen atoms in total. The first-order valence-corrected chi connectivity index (χ1v) is 24.4. The number of phosphoric ester groups is 1. The number of hydrogen-bond donors (Lipinski definition) is 2. The number of ether oxygens (including phenoxy) is 2. The second kappa shape index (κ2) is 37.9. The number of rotatable bonds is 41. The van der Waals surface area contributed by atoms with Crippen LogP contribution in [0.1, 0.15) is 206 Å². The topological polar surface area (TPSA) is 150 Å². The zero-order valence-electron chi connectivity index (χ0n) is 36.0. The molecule has 0 spiro atoms. The molecule has 1 rings (SSSR count). The number of nitrogens with zero attached hydrogens (tertiary/aromatic N) is 1. The van der Waals surface area contributed by atoms with Crippen molar-refractivity contribution in [2.45, 2.75) is 213 Å². The molecular formula is C45H81N2O9P. The van der Waals surface area contributed by atoms with E-state index in [4.69, 9.17) is 18.5 Å². The average Bonchev–Trinajstić information content (AvgIpc) is 3.20. The van der Waals surface area contributed by atoms with Crippen LogP contribution in [0, 0.1) is 0 Å². The summed E-state index contributed by atoms with van der Waals surface area (Å²) in [5.74, 6) is -1.12. The number of phosphoric acid groups is 1. The summed E-state index contributed by atoms with van der Waals surface area (Å²) in [6.45, 7) is 3.46. The highest BCUT2D eigenvalue weighted by Gasteiger charge is 2.26. The summed E-state index contributed by atoms with van der Waals surface area (Å²) >= 11 is 0. The lowest BCUT2D eigenvalue weighted by atomic mass is 10.0. The van der Waals surface area contributed by atoms with Crippen molar-refractivity contribution < 1.29 is 42.4 Å². The molecule has 0 aliphatic carbocycles. The summed E-state index contributed by atoms with van der Waals surface area (Å²) in [4.78, 5) is 51.8. The number of carbonyl (C=O) groups excluding carboxylic acids is 3. The van der Waals surface area contributed by atoms with E-state index < -0.39 is 32.5 Å². The van der Waals surface area contributed by atoms with Crippen LogP contribution in [0.15, 0.2) is 24.4 Å². The summed E-state index contributed by atoms with van der Waals surface area (Å²) in [7, 11) is -4.55. The van der Waals surface area contributed by atoms with Crippen molar-refractivity contribution >= 4 is 25.7 Å².